The number of fused-ring (bicyclic) bond motifs is 1. The molecular weight excluding hydrogens is 402 g/mol. The number of nitrogens with zero attached hydrogens (tertiary/aromatic N) is 1. The summed E-state index contributed by atoms with van der Waals surface area (Å²) in [6.07, 6.45) is 0. The first-order chi connectivity index (χ1) is 14.4. The molecule has 7 nitrogen and oxygen atoms in total. The average molecular weight is 421 g/mol. The molecule has 0 aliphatic rings. The van der Waals surface area contributed by atoms with Gasteiger partial charge in [0.15, 0.2) is 11.5 Å². The number of aromatic nitrogens is 1. The first kappa shape index (κ1) is 19.8. The molecule has 0 unspecified atom stereocenters. The molecule has 4 rings (SSSR count). The number of oxazole rings is 1. The number of rotatable bonds is 6. The topological polar surface area (TPSA) is 101 Å². The van der Waals surface area contributed by atoms with E-state index in [-0.39, 0.29) is 17.0 Å². The molecule has 0 aliphatic heterocycles. The minimum atomic E-state index is -3.77. The molecule has 1 aromatic heterocycles. The Kier molecular flexibility index (Phi) is 5.35. The molecule has 1 amide bonds. The fraction of sp³-hybridized carbons (Fsp3) is 0.0909. The first-order valence-electron chi connectivity index (χ1n) is 9.23. The van der Waals surface area contributed by atoms with E-state index in [0.29, 0.717) is 22.7 Å². The van der Waals surface area contributed by atoms with Crippen LogP contribution >= 0.6 is 0 Å². The highest BCUT2D eigenvalue weighted by molar-refractivity contribution is 7.89. The van der Waals surface area contributed by atoms with Crippen LogP contribution in [0, 0.1) is 6.92 Å². The summed E-state index contributed by atoms with van der Waals surface area (Å²) in [5, 5.41) is 2.76. The second kappa shape index (κ2) is 8.10. The minimum Gasteiger partial charge on any atom is -0.441 e. The van der Waals surface area contributed by atoms with E-state index >= 15 is 0 Å². The normalized spacial score (nSPS) is 11.5. The Bertz CT molecular complexity index is 1310. The van der Waals surface area contributed by atoms with E-state index < -0.39 is 15.9 Å². The number of carbonyl (C=O) groups excluding carboxylic acids is 1. The third-order valence-electron chi connectivity index (χ3n) is 4.47. The van der Waals surface area contributed by atoms with Crippen molar-refractivity contribution < 1.29 is 17.6 Å². The van der Waals surface area contributed by atoms with Gasteiger partial charge in [-0.3, -0.25) is 4.79 Å². The number of carbonyl (C=O) groups is 1. The van der Waals surface area contributed by atoms with Crippen molar-refractivity contribution in [1.82, 2.24) is 9.71 Å². The van der Waals surface area contributed by atoms with Gasteiger partial charge >= 0.3 is 0 Å². The van der Waals surface area contributed by atoms with Crippen LogP contribution in [0.4, 0.5) is 5.69 Å². The molecule has 0 spiro atoms. The Hall–Kier alpha value is -3.49. The molecule has 0 fully saturated rings. The van der Waals surface area contributed by atoms with Gasteiger partial charge in [-0.25, -0.2) is 18.1 Å². The van der Waals surface area contributed by atoms with Gasteiger partial charge in [0.2, 0.25) is 10.0 Å². The van der Waals surface area contributed by atoms with Gasteiger partial charge in [-0.15, -0.1) is 0 Å². The summed E-state index contributed by atoms with van der Waals surface area (Å²) in [5.74, 6) is 0.115. The number of hydrogen-bond acceptors (Lipinski definition) is 5. The molecule has 30 heavy (non-hydrogen) atoms. The molecule has 0 saturated carbocycles. The minimum absolute atomic E-state index is 0.0219. The lowest BCUT2D eigenvalue weighted by Crippen LogP contribution is -2.23. The van der Waals surface area contributed by atoms with Crippen molar-refractivity contribution in [2.45, 2.75) is 18.4 Å². The second-order valence-electron chi connectivity index (χ2n) is 6.71. The van der Waals surface area contributed by atoms with Crippen molar-refractivity contribution in [2.24, 2.45) is 0 Å². The number of sulfonamides is 1. The fourth-order valence-electron chi connectivity index (χ4n) is 2.99. The quantitative estimate of drug-likeness (QED) is 0.492. The summed E-state index contributed by atoms with van der Waals surface area (Å²) in [6, 6.07) is 20.2. The Morgan fingerprint density at radius 1 is 1.00 bits per heavy atom. The van der Waals surface area contributed by atoms with Gasteiger partial charge in [0.25, 0.3) is 5.91 Å². The molecule has 0 aliphatic carbocycles. The van der Waals surface area contributed by atoms with Gasteiger partial charge < -0.3 is 9.73 Å². The van der Waals surface area contributed by atoms with Gasteiger partial charge in [-0.05, 0) is 42.0 Å². The van der Waals surface area contributed by atoms with E-state index in [0.717, 1.165) is 5.56 Å². The van der Waals surface area contributed by atoms with E-state index in [1.54, 1.807) is 31.2 Å². The monoisotopic (exact) mass is 421 g/mol. The maximum Gasteiger partial charge on any atom is 0.255 e. The van der Waals surface area contributed by atoms with Crippen molar-refractivity contribution >= 4 is 32.7 Å². The summed E-state index contributed by atoms with van der Waals surface area (Å²) in [7, 11) is -3.77. The summed E-state index contributed by atoms with van der Waals surface area (Å²) < 4.78 is 33.2. The highest BCUT2D eigenvalue weighted by Crippen LogP contribution is 2.21. The molecule has 0 bridgehead atoms. The van der Waals surface area contributed by atoms with Crippen LogP contribution < -0.4 is 10.0 Å². The van der Waals surface area contributed by atoms with E-state index in [2.05, 4.69) is 15.0 Å². The second-order valence-corrected chi connectivity index (χ2v) is 8.47. The van der Waals surface area contributed by atoms with E-state index in [9.17, 15) is 13.2 Å². The van der Waals surface area contributed by atoms with Crippen molar-refractivity contribution in [2.75, 3.05) is 5.32 Å². The summed E-state index contributed by atoms with van der Waals surface area (Å²) >= 11 is 0. The molecule has 4 aromatic rings. The predicted molar refractivity (Wildman–Crippen MR) is 114 cm³/mol. The molecule has 152 valence electrons. The van der Waals surface area contributed by atoms with Crippen LogP contribution in [0.15, 0.2) is 82.1 Å². The molecule has 1 heterocycles. The van der Waals surface area contributed by atoms with E-state index in [1.165, 1.54) is 18.2 Å². The molecule has 8 heteroatoms. The van der Waals surface area contributed by atoms with Gasteiger partial charge in [-0.1, -0.05) is 36.4 Å². The Morgan fingerprint density at radius 2 is 1.80 bits per heavy atom. The number of amides is 1. The van der Waals surface area contributed by atoms with Gasteiger partial charge in [0, 0.05) is 24.7 Å². The van der Waals surface area contributed by atoms with Crippen LogP contribution in [-0.2, 0) is 16.6 Å². The highest BCUT2D eigenvalue weighted by atomic mass is 32.2. The van der Waals surface area contributed by atoms with Crippen LogP contribution in [-0.4, -0.2) is 19.3 Å². The largest absolute Gasteiger partial charge is 0.441 e. The lowest BCUT2D eigenvalue weighted by molar-refractivity contribution is 0.102. The maximum atomic E-state index is 12.6. The molecule has 0 atom stereocenters. The summed E-state index contributed by atoms with van der Waals surface area (Å²) in [5.41, 5.74) is 2.87. The summed E-state index contributed by atoms with van der Waals surface area (Å²) in [6.45, 7) is 1.91. The Balaban J connectivity index is 1.50. The lowest BCUT2D eigenvalue weighted by Gasteiger charge is -2.09. The number of anilines is 1. The maximum absolute atomic E-state index is 12.6. The zero-order valence-corrected chi connectivity index (χ0v) is 16.9. The van der Waals surface area contributed by atoms with Gasteiger partial charge in [0.1, 0.15) is 5.52 Å². The highest BCUT2D eigenvalue weighted by Gasteiger charge is 2.16. The average Bonchev–Trinajstić information content (AvgIpc) is 3.12. The van der Waals surface area contributed by atoms with Crippen molar-refractivity contribution in [3.05, 3.63) is 89.8 Å². The van der Waals surface area contributed by atoms with Crippen LogP contribution in [0.2, 0.25) is 0 Å². The summed E-state index contributed by atoms with van der Waals surface area (Å²) in [4.78, 5) is 16.9. The van der Waals surface area contributed by atoms with Crippen molar-refractivity contribution in [3.63, 3.8) is 0 Å². The van der Waals surface area contributed by atoms with E-state index in [1.807, 2.05) is 30.3 Å². The van der Waals surface area contributed by atoms with Crippen molar-refractivity contribution in [3.8, 4) is 0 Å². The number of aryl methyl sites for hydroxylation is 1. The van der Waals surface area contributed by atoms with Gasteiger partial charge in [-0.2, -0.15) is 0 Å². The molecular formula is C22H19N3O4S. The Morgan fingerprint density at radius 3 is 2.60 bits per heavy atom. The zero-order valence-electron chi connectivity index (χ0n) is 16.1. The number of hydrogen-bond donors (Lipinski definition) is 2. The molecule has 0 saturated heterocycles. The third-order valence-corrected chi connectivity index (χ3v) is 5.87. The first-order valence-corrected chi connectivity index (χ1v) is 10.7. The Labute approximate surface area is 173 Å². The van der Waals surface area contributed by atoms with Gasteiger partial charge in [0.05, 0.1) is 4.90 Å². The van der Waals surface area contributed by atoms with Crippen LogP contribution in [0.1, 0.15) is 21.8 Å². The lowest BCUT2D eigenvalue weighted by atomic mass is 10.2. The van der Waals surface area contributed by atoms with Crippen LogP contribution in [0.25, 0.3) is 11.1 Å². The number of benzene rings is 3. The fourth-order valence-corrected chi connectivity index (χ4v) is 4.05. The zero-order chi connectivity index (χ0) is 21.1. The molecule has 0 radical (unpaired) electrons. The van der Waals surface area contributed by atoms with Crippen LogP contribution in [0.3, 0.4) is 0 Å². The molecule has 3 aromatic carbocycles. The smallest absolute Gasteiger partial charge is 0.255 e. The third kappa shape index (κ3) is 4.40. The SMILES string of the molecule is Cc1nc2cc(NC(=O)c3cccc(S(=O)(=O)NCc4ccccc4)c3)ccc2o1. The number of nitrogens with one attached hydrogen (secondary N) is 2. The van der Waals surface area contributed by atoms with Crippen LogP contribution in [0.5, 0.6) is 0 Å². The predicted octanol–water partition coefficient (Wildman–Crippen LogP) is 3.87. The molecule has 2 N–H and O–H groups in total. The van der Waals surface area contributed by atoms with E-state index in [4.69, 9.17) is 4.42 Å². The standard InChI is InChI=1S/C22H19N3O4S/c1-15-24-20-13-18(10-11-21(20)29-15)25-22(26)17-8-5-9-19(12-17)30(27,28)23-14-16-6-3-2-4-7-16/h2-13,23H,14H2,1H3,(H,25,26). The van der Waals surface area contributed by atoms with Crippen molar-refractivity contribution in [1.29, 1.82) is 0 Å².